The third-order valence-electron chi connectivity index (χ3n) is 6.17. The minimum absolute atomic E-state index is 0.0324. The van der Waals surface area contributed by atoms with E-state index in [9.17, 15) is 4.79 Å². The fraction of sp³-hybridized carbons (Fsp3) is 0.519. The number of hydrogen-bond acceptors (Lipinski definition) is 8. The molecule has 36 heavy (non-hydrogen) atoms. The van der Waals surface area contributed by atoms with Gasteiger partial charge in [0.2, 0.25) is 0 Å². The third kappa shape index (κ3) is 6.64. The van der Waals surface area contributed by atoms with Crippen LogP contribution in [-0.2, 0) is 9.53 Å². The van der Waals surface area contributed by atoms with Crippen LogP contribution in [0.3, 0.4) is 0 Å². The maximum absolute atomic E-state index is 12.8. The molecule has 0 bridgehead atoms. The molecule has 3 unspecified atom stereocenters. The smallest absolute Gasteiger partial charge is 0.309 e. The average molecular weight is 515 g/mol. The molecule has 9 heteroatoms. The van der Waals surface area contributed by atoms with Crippen LogP contribution in [0.15, 0.2) is 45.9 Å². The summed E-state index contributed by atoms with van der Waals surface area (Å²) in [4.78, 5) is 17.9. The van der Waals surface area contributed by atoms with Gasteiger partial charge in [-0.05, 0) is 39.7 Å². The van der Waals surface area contributed by atoms with Crippen molar-refractivity contribution in [1.82, 2.24) is 5.48 Å². The molecule has 0 radical (unpaired) electrons. The largest absolute Gasteiger partial charge is 0.460 e. The Labute approximate surface area is 218 Å². The van der Waals surface area contributed by atoms with Gasteiger partial charge in [0, 0.05) is 28.8 Å². The molecule has 3 rings (SSSR count). The molecule has 0 fully saturated rings. The molecule has 196 valence electrons. The molecule has 2 heterocycles. The van der Waals surface area contributed by atoms with E-state index >= 15 is 0 Å². The number of carbonyl (C=O) groups excluding carboxylic acids is 1. The van der Waals surface area contributed by atoms with Crippen molar-refractivity contribution in [3.8, 4) is 0 Å². The van der Waals surface area contributed by atoms with E-state index in [1.54, 1.807) is 11.8 Å². The first kappa shape index (κ1) is 28.1. The number of hydroxylamine groups is 1. The maximum atomic E-state index is 12.8. The lowest BCUT2D eigenvalue weighted by atomic mass is 9.90. The van der Waals surface area contributed by atoms with Gasteiger partial charge in [-0.3, -0.25) is 21.3 Å². The molecule has 0 aliphatic carbocycles. The quantitative estimate of drug-likeness (QED) is 0.181. The Morgan fingerprint density at radius 3 is 2.56 bits per heavy atom. The number of hydrogen-bond donors (Lipinski definition) is 4. The number of thioether (sulfide) groups is 1. The van der Waals surface area contributed by atoms with Gasteiger partial charge >= 0.3 is 5.97 Å². The molecule has 6 N–H and O–H groups in total. The first-order chi connectivity index (χ1) is 16.9. The minimum atomic E-state index is -0.597. The van der Waals surface area contributed by atoms with Crippen molar-refractivity contribution in [3.05, 3.63) is 52.1 Å². The lowest BCUT2D eigenvalue weighted by Crippen LogP contribution is -2.44. The predicted molar refractivity (Wildman–Crippen MR) is 147 cm³/mol. The van der Waals surface area contributed by atoms with Crippen molar-refractivity contribution in [2.24, 2.45) is 22.4 Å². The zero-order chi connectivity index (χ0) is 26.6. The normalized spacial score (nSPS) is 23.6. The Kier molecular flexibility index (Phi) is 9.16. The van der Waals surface area contributed by atoms with Crippen LogP contribution in [0.5, 0.6) is 0 Å². The van der Waals surface area contributed by atoms with Crippen molar-refractivity contribution in [2.75, 3.05) is 6.54 Å². The van der Waals surface area contributed by atoms with Crippen LogP contribution in [-0.4, -0.2) is 56.9 Å². The zero-order valence-electron chi connectivity index (χ0n) is 22.1. The fourth-order valence-electron chi connectivity index (χ4n) is 4.30. The summed E-state index contributed by atoms with van der Waals surface area (Å²) in [6.45, 7) is 12.3. The van der Waals surface area contributed by atoms with Gasteiger partial charge in [-0.15, -0.1) is 0 Å². The highest BCUT2D eigenvalue weighted by Gasteiger charge is 2.42. The standard InChI is InChI=1S/C27H39N5O3S/c1-16-17(2)36-26-23(16)24(20-12-10-19(11-13-20)9-7-8-14-30-34)31-21(25(29)32(26)18(3)28)15-22(33)35-27(4,5)6/h7,9-13,16-18,21,29-30,34H,8,14-15,28H2,1-6H3/p+1/b9-7+/t16?,17?,18?,21-/m0/s1. The molecular formula is C27H40N5O3S+. The highest BCUT2D eigenvalue weighted by atomic mass is 32.2. The highest BCUT2D eigenvalue weighted by Crippen LogP contribution is 2.45. The molecule has 0 saturated heterocycles. The van der Waals surface area contributed by atoms with E-state index in [4.69, 9.17) is 26.4 Å². The van der Waals surface area contributed by atoms with E-state index in [-0.39, 0.29) is 24.5 Å². The number of nitrogens with one attached hydrogen (secondary N) is 1. The number of rotatable bonds is 8. The summed E-state index contributed by atoms with van der Waals surface area (Å²) in [6, 6.07) is 7.59. The molecule has 2 aliphatic rings. The topological polar surface area (TPSA) is 126 Å². The lowest BCUT2D eigenvalue weighted by Gasteiger charge is -2.21. The van der Waals surface area contributed by atoms with Gasteiger partial charge in [0.15, 0.2) is 11.1 Å². The summed E-state index contributed by atoms with van der Waals surface area (Å²) < 4.78 is 7.54. The molecule has 1 aromatic rings. The molecule has 0 spiro atoms. The highest BCUT2D eigenvalue weighted by molar-refractivity contribution is 8.03. The van der Waals surface area contributed by atoms with E-state index in [0.717, 1.165) is 33.9 Å². The number of nitrogens with two attached hydrogens (primary N) is 2. The summed E-state index contributed by atoms with van der Waals surface area (Å²) in [7, 11) is 0. The predicted octanol–water partition coefficient (Wildman–Crippen LogP) is 3.63. The second kappa shape index (κ2) is 11.7. The summed E-state index contributed by atoms with van der Waals surface area (Å²) in [6.07, 6.45) is 4.40. The lowest BCUT2D eigenvalue weighted by molar-refractivity contribution is -0.504. The molecule has 2 aliphatic heterocycles. The van der Waals surface area contributed by atoms with Gasteiger partial charge in [0.05, 0.1) is 12.1 Å². The zero-order valence-corrected chi connectivity index (χ0v) is 22.9. The number of benzene rings is 1. The van der Waals surface area contributed by atoms with Crippen molar-refractivity contribution in [3.63, 3.8) is 0 Å². The Morgan fingerprint density at radius 1 is 1.31 bits per heavy atom. The molecule has 8 nitrogen and oxygen atoms in total. The molecular weight excluding hydrogens is 474 g/mol. The van der Waals surface area contributed by atoms with Crippen molar-refractivity contribution >= 4 is 35.4 Å². The van der Waals surface area contributed by atoms with Crippen LogP contribution >= 0.6 is 11.8 Å². The van der Waals surface area contributed by atoms with E-state index in [0.29, 0.717) is 17.6 Å². The van der Waals surface area contributed by atoms with Crippen LogP contribution in [0.1, 0.15) is 65.5 Å². The second-order valence-corrected chi connectivity index (χ2v) is 11.7. The Hall–Kier alpha value is -2.46. The number of allylic oxidation sites excluding steroid dienone is 1. The molecule has 0 amide bonds. The van der Waals surface area contributed by atoms with Gasteiger partial charge in [-0.1, -0.05) is 62.0 Å². The second-order valence-electron chi connectivity index (χ2n) is 10.4. The first-order valence-electron chi connectivity index (χ1n) is 12.4. The van der Waals surface area contributed by atoms with Crippen LogP contribution in [0.25, 0.3) is 6.08 Å². The van der Waals surface area contributed by atoms with Crippen molar-refractivity contribution < 1.29 is 19.3 Å². The van der Waals surface area contributed by atoms with E-state index < -0.39 is 11.6 Å². The van der Waals surface area contributed by atoms with Crippen LogP contribution in [0.4, 0.5) is 0 Å². The summed E-state index contributed by atoms with van der Waals surface area (Å²) in [5.74, 6) is 0.338. The number of ether oxygens (including phenoxy) is 1. The van der Waals surface area contributed by atoms with E-state index in [2.05, 4.69) is 31.5 Å². The van der Waals surface area contributed by atoms with Crippen molar-refractivity contribution in [2.45, 2.75) is 77.4 Å². The van der Waals surface area contributed by atoms with Gasteiger partial charge < -0.3 is 9.94 Å². The number of carbonyl (C=O) groups is 1. The Balaban J connectivity index is 2.07. The number of nitrogens with zero attached hydrogens (tertiary/aromatic N) is 2. The van der Waals surface area contributed by atoms with Gasteiger partial charge in [-0.2, -0.15) is 0 Å². The van der Waals surface area contributed by atoms with E-state index in [1.807, 2.05) is 56.6 Å². The number of aliphatic imine (C=N–C) groups is 1. The Morgan fingerprint density at radius 2 is 1.97 bits per heavy atom. The van der Waals surface area contributed by atoms with Crippen molar-refractivity contribution in [1.29, 1.82) is 0 Å². The molecule has 4 atom stereocenters. The van der Waals surface area contributed by atoms with Gasteiger partial charge in [-0.25, -0.2) is 10.1 Å². The minimum Gasteiger partial charge on any atom is -0.460 e. The number of esters is 1. The van der Waals surface area contributed by atoms with Crippen LogP contribution < -0.4 is 16.9 Å². The molecule has 0 aromatic heterocycles. The SMILES string of the molecule is CC1SC2=C(C(c3ccc(/C=C/CCNO)cc3)=N[C@@H](CC(=O)OC(C)(C)C)C(N)=[N+]2C(C)N)C1C. The number of amidine groups is 1. The van der Waals surface area contributed by atoms with Crippen LogP contribution in [0.2, 0.25) is 0 Å². The maximum Gasteiger partial charge on any atom is 0.309 e. The first-order valence-corrected chi connectivity index (χ1v) is 13.3. The van der Waals surface area contributed by atoms with E-state index in [1.165, 1.54) is 0 Å². The van der Waals surface area contributed by atoms with Gasteiger partial charge in [0.1, 0.15) is 11.8 Å². The molecule has 0 saturated carbocycles. The summed E-state index contributed by atoms with van der Waals surface area (Å²) in [5, 5.41) is 10.1. The summed E-state index contributed by atoms with van der Waals surface area (Å²) >= 11 is 1.75. The fourth-order valence-corrected chi connectivity index (χ4v) is 5.79. The third-order valence-corrected chi connectivity index (χ3v) is 7.59. The summed E-state index contributed by atoms with van der Waals surface area (Å²) in [5.41, 5.74) is 18.6. The Bertz CT molecular complexity index is 1080. The molecule has 1 aromatic carbocycles. The average Bonchev–Trinajstić information content (AvgIpc) is 3.00. The van der Waals surface area contributed by atoms with Crippen LogP contribution in [0, 0.1) is 5.92 Å². The monoisotopic (exact) mass is 514 g/mol. The van der Waals surface area contributed by atoms with Gasteiger partial charge in [0.25, 0.3) is 5.84 Å².